The van der Waals surface area contributed by atoms with Crippen LogP contribution in [0.3, 0.4) is 0 Å². The molecule has 0 atom stereocenters. The van der Waals surface area contributed by atoms with Gasteiger partial charge < -0.3 is 14.5 Å². The Morgan fingerprint density at radius 2 is 1.82 bits per heavy atom. The molecule has 2 heterocycles. The molecule has 0 saturated carbocycles. The van der Waals surface area contributed by atoms with Crippen LogP contribution in [0.15, 0.2) is 58.9 Å². The fourth-order valence-corrected chi connectivity index (χ4v) is 4.69. The van der Waals surface area contributed by atoms with Gasteiger partial charge in [0.2, 0.25) is 5.78 Å². The summed E-state index contributed by atoms with van der Waals surface area (Å²) in [5.41, 5.74) is 1.02. The number of hydrogen-bond donors (Lipinski definition) is 0. The molecule has 0 unspecified atom stereocenters. The minimum absolute atomic E-state index is 0.0328. The molecule has 0 aromatic heterocycles. The maximum absolute atomic E-state index is 13.1. The Kier molecular flexibility index (Phi) is 6.50. The van der Waals surface area contributed by atoms with Gasteiger partial charge in [-0.05, 0) is 38.1 Å². The lowest BCUT2D eigenvalue weighted by atomic mass is 9.86. The van der Waals surface area contributed by atoms with E-state index in [0.717, 1.165) is 6.29 Å². The summed E-state index contributed by atoms with van der Waals surface area (Å²) in [7, 11) is 1.84. The highest BCUT2D eigenvalue weighted by Crippen LogP contribution is 2.41. The highest BCUT2D eigenvalue weighted by atomic mass is 35.5. The number of Topliss-reactive ketones (excluding diaryl/α,β-unsaturated/α-hetero) is 1. The maximum atomic E-state index is 13.1. The molecule has 172 valence electrons. The van der Waals surface area contributed by atoms with Crippen molar-refractivity contribution in [2.45, 2.75) is 32.3 Å². The van der Waals surface area contributed by atoms with Crippen LogP contribution >= 0.6 is 23.2 Å². The summed E-state index contributed by atoms with van der Waals surface area (Å²) in [5, 5.41) is 0.891. The lowest BCUT2D eigenvalue weighted by molar-refractivity contribution is -0.105. The van der Waals surface area contributed by atoms with Gasteiger partial charge in [-0.1, -0.05) is 41.4 Å². The number of carbonyl (C=O) groups is 2. The summed E-state index contributed by atoms with van der Waals surface area (Å²) in [6.45, 7) is 4.67. The molecule has 4 rings (SSSR count). The van der Waals surface area contributed by atoms with E-state index in [2.05, 4.69) is 0 Å². The number of aldehydes is 1. The predicted molar refractivity (Wildman–Crippen MR) is 132 cm³/mol. The van der Waals surface area contributed by atoms with E-state index >= 15 is 0 Å². The number of anilines is 1. The predicted octanol–water partition coefficient (Wildman–Crippen LogP) is 5.39. The third kappa shape index (κ3) is 4.25. The topological polar surface area (TPSA) is 62.2 Å². The number of piperidine rings is 1. The van der Waals surface area contributed by atoms with Crippen LogP contribution in [0.25, 0.3) is 0 Å². The Balaban J connectivity index is 1.56. The first-order valence-corrected chi connectivity index (χ1v) is 11.5. The van der Waals surface area contributed by atoms with Crippen LogP contribution in [0.1, 0.15) is 37.0 Å². The number of ether oxygens (including phenoxy) is 1. The number of benzene rings is 2. The van der Waals surface area contributed by atoms with E-state index in [1.807, 2.05) is 60.2 Å². The Bertz CT molecular complexity index is 1170. The van der Waals surface area contributed by atoms with E-state index in [1.54, 1.807) is 13.0 Å². The Morgan fingerprint density at radius 1 is 1.12 bits per heavy atom. The second-order valence-corrected chi connectivity index (χ2v) is 9.11. The third-order valence-electron chi connectivity index (χ3n) is 6.30. The Labute approximate surface area is 203 Å². The van der Waals surface area contributed by atoms with Crippen molar-refractivity contribution in [1.82, 2.24) is 4.90 Å². The summed E-state index contributed by atoms with van der Waals surface area (Å²) < 4.78 is 6.13. The van der Waals surface area contributed by atoms with Gasteiger partial charge in [-0.15, -0.1) is 0 Å². The number of ketones is 1. The average Bonchev–Trinajstić information content (AvgIpc) is 3.10. The molecule has 2 aromatic carbocycles. The van der Waals surface area contributed by atoms with Crippen LogP contribution in [0.5, 0.6) is 5.75 Å². The molecule has 0 bridgehead atoms. The fourth-order valence-electron chi connectivity index (χ4n) is 4.27. The maximum Gasteiger partial charge on any atom is 0.210 e. The van der Waals surface area contributed by atoms with Crippen LogP contribution in [0, 0.1) is 0 Å². The molecule has 0 radical (unpaired) electrons. The molecule has 1 saturated heterocycles. The number of halogens is 2. The Hall–Kier alpha value is -2.83. The first kappa shape index (κ1) is 23.3. The fraction of sp³-hybridized carbons (Fsp3) is 0.320. The third-order valence-corrected chi connectivity index (χ3v) is 7.11. The molecular weight excluding hydrogens is 461 g/mol. The molecule has 2 aliphatic rings. The van der Waals surface area contributed by atoms with Crippen LogP contribution < -0.4 is 9.64 Å². The number of amidine groups is 1. The standard InChI is InChI=1S/C25H25Cl2N3O3/c1-16(15-31)24(28-17(2)29(3)20-9-6-8-19(26)22(20)27)30-13-11-25(12-14-30)23(32)18-7-4-5-10-21(18)33-25/h4-10,15H,11-14H2,1-3H3/b24-16+,28-17?. The van der Waals surface area contributed by atoms with Crippen LogP contribution in [-0.2, 0) is 4.79 Å². The number of aliphatic imine (C=N–C) groups is 1. The summed E-state index contributed by atoms with van der Waals surface area (Å²) in [5.74, 6) is 1.90. The number of allylic oxidation sites excluding steroid dienone is 1. The highest BCUT2D eigenvalue weighted by molar-refractivity contribution is 6.44. The van der Waals surface area contributed by atoms with E-state index in [9.17, 15) is 9.59 Å². The summed E-state index contributed by atoms with van der Waals surface area (Å²) in [6.07, 6.45) is 1.83. The smallest absolute Gasteiger partial charge is 0.210 e. The number of hydrogen-bond acceptors (Lipinski definition) is 5. The number of carbonyl (C=O) groups excluding carboxylic acids is 2. The lowest BCUT2D eigenvalue weighted by Crippen LogP contribution is -2.50. The normalized spacial score (nSPS) is 18.0. The molecule has 8 heteroatoms. The van der Waals surface area contributed by atoms with Crippen LogP contribution in [0.2, 0.25) is 10.0 Å². The van der Waals surface area contributed by atoms with E-state index in [-0.39, 0.29) is 5.78 Å². The van der Waals surface area contributed by atoms with Gasteiger partial charge in [0, 0.05) is 38.6 Å². The summed E-state index contributed by atoms with van der Waals surface area (Å²) in [6, 6.07) is 12.8. The van der Waals surface area contributed by atoms with Crippen molar-refractivity contribution in [3.63, 3.8) is 0 Å². The summed E-state index contributed by atoms with van der Waals surface area (Å²) in [4.78, 5) is 33.4. The van der Waals surface area contributed by atoms with Crippen LogP contribution in [0.4, 0.5) is 5.69 Å². The zero-order valence-electron chi connectivity index (χ0n) is 18.8. The molecule has 6 nitrogen and oxygen atoms in total. The van der Waals surface area contributed by atoms with Crippen molar-refractivity contribution in [2.24, 2.45) is 4.99 Å². The number of nitrogens with zero attached hydrogens (tertiary/aromatic N) is 3. The van der Waals surface area contributed by atoms with Gasteiger partial charge in [0.05, 0.1) is 21.3 Å². The quantitative estimate of drug-likeness (QED) is 0.251. The minimum atomic E-state index is -0.843. The average molecular weight is 486 g/mol. The molecule has 2 aromatic rings. The second kappa shape index (κ2) is 9.20. The number of rotatable bonds is 4. The van der Waals surface area contributed by atoms with E-state index in [1.165, 1.54) is 0 Å². The van der Waals surface area contributed by atoms with E-state index in [0.29, 0.717) is 70.2 Å². The number of likely N-dealkylation sites (tertiary alicyclic amines) is 1. The molecular formula is C25H25Cl2N3O3. The molecule has 33 heavy (non-hydrogen) atoms. The molecule has 0 amide bonds. The van der Waals surface area contributed by atoms with Crippen molar-refractivity contribution < 1.29 is 14.3 Å². The van der Waals surface area contributed by atoms with Crippen molar-refractivity contribution in [3.05, 3.63) is 69.5 Å². The Morgan fingerprint density at radius 3 is 2.48 bits per heavy atom. The summed E-state index contributed by atoms with van der Waals surface area (Å²) >= 11 is 12.5. The van der Waals surface area contributed by atoms with Gasteiger partial charge in [-0.2, -0.15) is 0 Å². The van der Waals surface area contributed by atoms with Crippen molar-refractivity contribution in [1.29, 1.82) is 0 Å². The minimum Gasteiger partial charge on any atom is -0.478 e. The largest absolute Gasteiger partial charge is 0.478 e. The molecule has 2 aliphatic heterocycles. The van der Waals surface area contributed by atoms with Gasteiger partial charge >= 0.3 is 0 Å². The van der Waals surface area contributed by atoms with Gasteiger partial charge in [0.1, 0.15) is 23.7 Å². The van der Waals surface area contributed by atoms with Gasteiger partial charge in [0.15, 0.2) is 5.60 Å². The van der Waals surface area contributed by atoms with Gasteiger partial charge in [0.25, 0.3) is 0 Å². The van der Waals surface area contributed by atoms with Crippen molar-refractivity contribution in [3.8, 4) is 5.75 Å². The molecule has 1 spiro atoms. The van der Waals surface area contributed by atoms with Crippen molar-refractivity contribution >= 4 is 46.8 Å². The SMILES string of the molecule is CC(=N/C(=C(/C)C=O)N1CCC2(CC1)Oc1ccccc1C2=O)N(C)c1cccc(Cl)c1Cl. The molecule has 0 aliphatic carbocycles. The van der Waals surface area contributed by atoms with Gasteiger partial charge in [-0.3, -0.25) is 9.59 Å². The zero-order chi connectivity index (χ0) is 23.8. The second-order valence-electron chi connectivity index (χ2n) is 8.32. The molecule has 1 fully saturated rings. The monoisotopic (exact) mass is 485 g/mol. The van der Waals surface area contributed by atoms with Crippen molar-refractivity contribution in [2.75, 3.05) is 25.0 Å². The lowest BCUT2D eigenvalue weighted by Gasteiger charge is -2.39. The van der Waals surface area contributed by atoms with E-state index in [4.69, 9.17) is 32.9 Å². The first-order chi connectivity index (χ1) is 15.8. The van der Waals surface area contributed by atoms with Gasteiger partial charge in [-0.25, -0.2) is 4.99 Å². The van der Waals surface area contributed by atoms with E-state index < -0.39 is 5.60 Å². The highest BCUT2D eigenvalue weighted by Gasteiger charge is 2.49. The first-order valence-electron chi connectivity index (χ1n) is 10.7. The number of fused-ring (bicyclic) bond motifs is 1. The zero-order valence-corrected chi connectivity index (χ0v) is 20.3. The number of para-hydroxylation sites is 1. The van der Waals surface area contributed by atoms with Crippen LogP contribution in [-0.4, -0.2) is 48.5 Å². The molecule has 0 N–H and O–H groups in total.